The standard InChI is InChI=1S/C15H23NO5/c1-3-20-12(10-17)15(16-9-11(2)21-15)14(13(18)19)7-5-4-6-8-14/h9-10,12,16H,3-8H2,1-2H3,(H,18,19). The Hall–Kier alpha value is -1.56. The number of carboxylic acids is 1. The van der Waals surface area contributed by atoms with Crippen molar-refractivity contribution >= 4 is 12.3 Å². The molecule has 1 fully saturated rings. The zero-order valence-electron chi connectivity index (χ0n) is 12.6. The maximum absolute atomic E-state index is 12.1. The van der Waals surface area contributed by atoms with E-state index < -0.39 is 23.2 Å². The van der Waals surface area contributed by atoms with E-state index in [0.717, 1.165) is 19.3 Å². The van der Waals surface area contributed by atoms with Gasteiger partial charge in [0.05, 0.1) is 0 Å². The highest BCUT2D eigenvalue weighted by Crippen LogP contribution is 2.50. The van der Waals surface area contributed by atoms with Gasteiger partial charge in [-0.3, -0.25) is 4.79 Å². The van der Waals surface area contributed by atoms with Crippen molar-refractivity contribution in [2.75, 3.05) is 6.61 Å². The van der Waals surface area contributed by atoms with E-state index in [1.807, 2.05) is 0 Å². The number of carbonyl (C=O) groups is 2. The third-order valence-corrected chi connectivity index (χ3v) is 4.51. The van der Waals surface area contributed by atoms with E-state index in [9.17, 15) is 14.7 Å². The molecule has 6 heteroatoms. The van der Waals surface area contributed by atoms with E-state index in [4.69, 9.17) is 9.47 Å². The lowest BCUT2D eigenvalue weighted by Crippen LogP contribution is -2.67. The smallest absolute Gasteiger partial charge is 0.315 e. The molecule has 2 unspecified atom stereocenters. The van der Waals surface area contributed by atoms with Gasteiger partial charge in [-0.05, 0) is 26.7 Å². The average Bonchev–Trinajstić information content (AvgIpc) is 2.88. The Labute approximate surface area is 124 Å². The molecule has 1 heterocycles. The van der Waals surface area contributed by atoms with Crippen LogP contribution < -0.4 is 5.32 Å². The predicted molar refractivity (Wildman–Crippen MR) is 75.3 cm³/mol. The summed E-state index contributed by atoms with van der Waals surface area (Å²) in [7, 11) is 0. The Morgan fingerprint density at radius 3 is 2.62 bits per heavy atom. The maximum Gasteiger partial charge on any atom is 0.315 e. The maximum atomic E-state index is 12.1. The summed E-state index contributed by atoms with van der Waals surface area (Å²) < 4.78 is 11.4. The molecular formula is C15H23NO5. The van der Waals surface area contributed by atoms with E-state index in [0.29, 0.717) is 31.5 Å². The molecule has 0 amide bonds. The third-order valence-electron chi connectivity index (χ3n) is 4.51. The molecule has 21 heavy (non-hydrogen) atoms. The molecule has 0 aromatic carbocycles. The van der Waals surface area contributed by atoms with Crippen molar-refractivity contribution in [1.82, 2.24) is 5.32 Å². The summed E-state index contributed by atoms with van der Waals surface area (Å²) >= 11 is 0. The van der Waals surface area contributed by atoms with Crippen molar-refractivity contribution in [3.63, 3.8) is 0 Å². The molecule has 1 aliphatic carbocycles. The molecule has 2 aliphatic rings. The molecule has 118 valence electrons. The summed E-state index contributed by atoms with van der Waals surface area (Å²) in [6, 6.07) is 0. The predicted octanol–water partition coefficient (Wildman–Crippen LogP) is 1.80. The fourth-order valence-electron chi connectivity index (χ4n) is 3.50. The molecule has 0 radical (unpaired) electrons. The van der Waals surface area contributed by atoms with Gasteiger partial charge < -0.3 is 24.7 Å². The highest BCUT2D eigenvalue weighted by molar-refractivity contribution is 5.78. The summed E-state index contributed by atoms with van der Waals surface area (Å²) in [4.78, 5) is 23.6. The Morgan fingerprint density at radius 2 is 2.19 bits per heavy atom. The highest BCUT2D eigenvalue weighted by atomic mass is 16.6. The molecule has 2 rings (SSSR count). The quantitative estimate of drug-likeness (QED) is 0.727. The van der Waals surface area contributed by atoms with E-state index in [-0.39, 0.29) is 0 Å². The van der Waals surface area contributed by atoms with Gasteiger partial charge in [0.25, 0.3) is 0 Å². The lowest BCUT2D eigenvalue weighted by molar-refractivity contribution is -0.208. The second-order valence-electron chi connectivity index (χ2n) is 5.70. The van der Waals surface area contributed by atoms with Gasteiger partial charge in [0.1, 0.15) is 11.2 Å². The molecule has 0 bridgehead atoms. The first-order valence-corrected chi connectivity index (χ1v) is 7.46. The summed E-state index contributed by atoms with van der Waals surface area (Å²) in [5.74, 6) is -0.378. The molecule has 0 aromatic heterocycles. The van der Waals surface area contributed by atoms with E-state index in [2.05, 4.69) is 5.32 Å². The molecule has 0 aromatic rings. The highest BCUT2D eigenvalue weighted by Gasteiger charge is 2.64. The Morgan fingerprint density at radius 1 is 1.52 bits per heavy atom. The number of allylic oxidation sites excluding steroid dienone is 1. The van der Waals surface area contributed by atoms with Gasteiger partial charge in [-0.1, -0.05) is 19.3 Å². The number of hydrogen-bond donors (Lipinski definition) is 2. The van der Waals surface area contributed by atoms with Crippen LogP contribution in [-0.2, 0) is 19.1 Å². The van der Waals surface area contributed by atoms with Crippen molar-refractivity contribution < 1.29 is 24.2 Å². The third kappa shape index (κ3) is 2.41. The van der Waals surface area contributed by atoms with Crippen molar-refractivity contribution in [3.8, 4) is 0 Å². The SMILES string of the molecule is CCOC(C=O)C1(C2(C(=O)O)CCCCC2)NC=C(C)O1. The Kier molecular flexibility index (Phi) is 4.56. The Bertz CT molecular complexity index is 441. The minimum atomic E-state index is -1.36. The van der Waals surface area contributed by atoms with Gasteiger partial charge in [0.2, 0.25) is 5.72 Å². The van der Waals surface area contributed by atoms with Crippen molar-refractivity contribution in [2.45, 2.75) is 57.8 Å². The van der Waals surface area contributed by atoms with Crippen LogP contribution in [0, 0.1) is 5.41 Å². The van der Waals surface area contributed by atoms with Crippen LogP contribution >= 0.6 is 0 Å². The van der Waals surface area contributed by atoms with Crippen molar-refractivity contribution in [3.05, 3.63) is 12.0 Å². The number of hydrogen-bond acceptors (Lipinski definition) is 5. The van der Waals surface area contributed by atoms with Gasteiger partial charge in [-0.25, -0.2) is 0 Å². The van der Waals surface area contributed by atoms with Gasteiger partial charge in [0, 0.05) is 12.8 Å². The van der Waals surface area contributed by atoms with Crippen LogP contribution in [-0.4, -0.2) is 35.8 Å². The molecule has 2 N–H and O–H groups in total. The number of carbonyl (C=O) groups excluding carboxylic acids is 1. The fraction of sp³-hybridized carbons (Fsp3) is 0.733. The van der Waals surface area contributed by atoms with Gasteiger partial charge in [-0.2, -0.15) is 0 Å². The second kappa shape index (κ2) is 6.05. The molecule has 1 aliphatic heterocycles. The summed E-state index contributed by atoms with van der Waals surface area (Å²) in [6.07, 6.45) is 4.83. The second-order valence-corrected chi connectivity index (χ2v) is 5.70. The lowest BCUT2D eigenvalue weighted by Gasteiger charge is -2.48. The van der Waals surface area contributed by atoms with Gasteiger partial charge in [-0.15, -0.1) is 0 Å². The summed E-state index contributed by atoms with van der Waals surface area (Å²) in [6.45, 7) is 3.82. The van der Waals surface area contributed by atoms with E-state index in [1.165, 1.54) is 0 Å². The molecular weight excluding hydrogens is 274 g/mol. The fourth-order valence-corrected chi connectivity index (χ4v) is 3.50. The normalized spacial score (nSPS) is 29.0. The topological polar surface area (TPSA) is 84.9 Å². The minimum Gasteiger partial charge on any atom is -0.481 e. The van der Waals surface area contributed by atoms with Crippen molar-refractivity contribution in [2.24, 2.45) is 5.41 Å². The van der Waals surface area contributed by atoms with E-state index >= 15 is 0 Å². The minimum absolute atomic E-state index is 0.310. The van der Waals surface area contributed by atoms with Crippen LogP contribution in [0.5, 0.6) is 0 Å². The zero-order valence-corrected chi connectivity index (χ0v) is 12.6. The first-order chi connectivity index (χ1) is 10.0. The van der Waals surface area contributed by atoms with E-state index in [1.54, 1.807) is 20.0 Å². The summed E-state index contributed by atoms with van der Waals surface area (Å²) in [5, 5.41) is 12.9. The molecule has 0 saturated heterocycles. The number of aliphatic carboxylic acids is 1. The van der Waals surface area contributed by atoms with Crippen molar-refractivity contribution in [1.29, 1.82) is 0 Å². The van der Waals surface area contributed by atoms with Gasteiger partial charge >= 0.3 is 5.97 Å². The number of carboxylic acid groups (broad SMARTS) is 1. The molecule has 0 spiro atoms. The molecule has 2 atom stereocenters. The van der Waals surface area contributed by atoms with Crippen LogP contribution in [0.25, 0.3) is 0 Å². The van der Waals surface area contributed by atoms with Crippen LogP contribution in [0.15, 0.2) is 12.0 Å². The molecule has 1 saturated carbocycles. The van der Waals surface area contributed by atoms with Crippen LogP contribution in [0.3, 0.4) is 0 Å². The lowest BCUT2D eigenvalue weighted by atomic mass is 9.65. The Balaban J connectivity index is 2.47. The number of aldehydes is 1. The van der Waals surface area contributed by atoms with Crippen LogP contribution in [0.1, 0.15) is 46.0 Å². The van der Waals surface area contributed by atoms with Gasteiger partial charge in [0.15, 0.2) is 12.4 Å². The largest absolute Gasteiger partial charge is 0.481 e. The molecule has 6 nitrogen and oxygen atoms in total. The number of ether oxygens (including phenoxy) is 2. The monoisotopic (exact) mass is 297 g/mol. The van der Waals surface area contributed by atoms with Crippen LogP contribution in [0.2, 0.25) is 0 Å². The zero-order chi connectivity index (χ0) is 15.5. The first-order valence-electron chi connectivity index (χ1n) is 7.46. The first kappa shape index (κ1) is 15.8. The summed E-state index contributed by atoms with van der Waals surface area (Å²) in [5.41, 5.74) is -2.53. The van der Waals surface area contributed by atoms with Crippen LogP contribution in [0.4, 0.5) is 0 Å². The average molecular weight is 297 g/mol. The number of nitrogens with one attached hydrogen (secondary N) is 1. The number of rotatable bonds is 6.